The minimum atomic E-state index is -3.54. The largest absolute Gasteiger partial charge is 0.497 e. The van der Waals surface area contributed by atoms with E-state index in [4.69, 9.17) is 14.2 Å². The van der Waals surface area contributed by atoms with Gasteiger partial charge in [0.15, 0.2) is 6.10 Å². The standard InChI is InChI=1S/C19H22N2O6S/c1-25-14-6-5-7-15(12-14)26-11-10-20-19(22)18-13-21(28(2,23)24)16-8-3-4-9-17(16)27-18/h3-9,12,18H,10-11,13H2,1-2H3,(H,20,22). The predicted octanol–water partition coefficient (Wildman–Crippen LogP) is 1.42. The second kappa shape index (κ2) is 8.39. The molecule has 9 heteroatoms. The molecule has 1 aliphatic heterocycles. The summed E-state index contributed by atoms with van der Waals surface area (Å²) in [6.45, 7) is 0.410. The first-order chi connectivity index (χ1) is 13.4. The van der Waals surface area contributed by atoms with E-state index in [9.17, 15) is 13.2 Å². The van der Waals surface area contributed by atoms with Crippen LogP contribution >= 0.6 is 0 Å². The van der Waals surface area contributed by atoms with Crippen LogP contribution in [0.1, 0.15) is 0 Å². The van der Waals surface area contributed by atoms with Gasteiger partial charge in [0.05, 0.1) is 32.1 Å². The predicted molar refractivity (Wildman–Crippen MR) is 105 cm³/mol. The van der Waals surface area contributed by atoms with Crippen molar-refractivity contribution in [2.75, 3.05) is 37.4 Å². The molecule has 1 unspecified atom stereocenters. The summed E-state index contributed by atoms with van der Waals surface area (Å²) >= 11 is 0. The number of anilines is 1. The van der Waals surface area contributed by atoms with Gasteiger partial charge in [-0.3, -0.25) is 9.10 Å². The Morgan fingerprint density at radius 1 is 1.21 bits per heavy atom. The van der Waals surface area contributed by atoms with Gasteiger partial charge in [0.1, 0.15) is 23.9 Å². The van der Waals surface area contributed by atoms with E-state index < -0.39 is 22.0 Å². The van der Waals surface area contributed by atoms with Crippen LogP contribution < -0.4 is 23.8 Å². The van der Waals surface area contributed by atoms with Crippen LogP contribution in [0.5, 0.6) is 17.2 Å². The highest BCUT2D eigenvalue weighted by Gasteiger charge is 2.34. The molecule has 1 heterocycles. The third-order valence-electron chi connectivity index (χ3n) is 4.14. The molecule has 2 aromatic rings. The third-order valence-corrected chi connectivity index (χ3v) is 5.29. The lowest BCUT2D eigenvalue weighted by Crippen LogP contribution is -2.51. The molecule has 150 valence electrons. The van der Waals surface area contributed by atoms with Crippen molar-refractivity contribution in [1.29, 1.82) is 0 Å². The normalized spacial score (nSPS) is 15.9. The molecule has 0 aliphatic carbocycles. The summed E-state index contributed by atoms with van der Waals surface area (Å²) in [5.41, 5.74) is 0.426. The van der Waals surface area contributed by atoms with E-state index in [0.29, 0.717) is 22.9 Å². The monoisotopic (exact) mass is 406 g/mol. The van der Waals surface area contributed by atoms with Gasteiger partial charge in [0.2, 0.25) is 10.0 Å². The van der Waals surface area contributed by atoms with Crippen molar-refractivity contribution < 1.29 is 27.4 Å². The van der Waals surface area contributed by atoms with E-state index in [1.165, 1.54) is 4.31 Å². The topological polar surface area (TPSA) is 94.2 Å². The zero-order valence-corrected chi connectivity index (χ0v) is 16.4. The van der Waals surface area contributed by atoms with E-state index in [0.717, 1.165) is 6.26 Å². The Kier molecular flexibility index (Phi) is 5.93. The minimum Gasteiger partial charge on any atom is -0.497 e. The number of nitrogens with zero attached hydrogens (tertiary/aromatic N) is 1. The Hall–Kier alpha value is -2.94. The number of fused-ring (bicyclic) bond motifs is 1. The SMILES string of the molecule is COc1cccc(OCCNC(=O)C2CN(S(C)(=O)=O)c3ccccc3O2)c1. The Bertz CT molecular complexity index is 947. The van der Waals surface area contributed by atoms with Gasteiger partial charge in [-0.15, -0.1) is 0 Å². The molecule has 0 aromatic heterocycles. The number of hydrogen-bond donors (Lipinski definition) is 1. The number of ether oxygens (including phenoxy) is 3. The summed E-state index contributed by atoms with van der Waals surface area (Å²) in [6.07, 6.45) is 0.160. The summed E-state index contributed by atoms with van der Waals surface area (Å²) in [4.78, 5) is 12.5. The van der Waals surface area contributed by atoms with E-state index in [2.05, 4.69) is 5.32 Å². The van der Waals surface area contributed by atoms with Crippen LogP contribution in [0.4, 0.5) is 5.69 Å². The van der Waals surface area contributed by atoms with Crippen molar-refractivity contribution in [3.8, 4) is 17.2 Å². The Balaban J connectivity index is 1.57. The molecule has 2 aromatic carbocycles. The Morgan fingerprint density at radius 3 is 2.71 bits per heavy atom. The first-order valence-corrected chi connectivity index (χ1v) is 10.5. The third kappa shape index (κ3) is 4.66. The zero-order chi connectivity index (χ0) is 20.1. The van der Waals surface area contributed by atoms with Crippen LogP contribution in [0.25, 0.3) is 0 Å². The summed E-state index contributed by atoms with van der Waals surface area (Å²) < 4.78 is 41.8. The number of hydrogen-bond acceptors (Lipinski definition) is 6. The molecule has 0 saturated heterocycles. The Labute approximate surface area is 164 Å². The second-order valence-electron chi connectivity index (χ2n) is 6.19. The van der Waals surface area contributed by atoms with Crippen molar-refractivity contribution in [2.24, 2.45) is 0 Å². The van der Waals surface area contributed by atoms with Crippen LogP contribution in [-0.2, 0) is 14.8 Å². The molecule has 1 N–H and O–H groups in total. The molecule has 8 nitrogen and oxygen atoms in total. The fourth-order valence-corrected chi connectivity index (χ4v) is 3.72. The first kappa shape index (κ1) is 19.8. The molecular formula is C19H22N2O6S. The molecule has 1 atom stereocenters. The molecule has 1 aliphatic rings. The van der Waals surface area contributed by atoms with Gasteiger partial charge >= 0.3 is 0 Å². The van der Waals surface area contributed by atoms with E-state index in [1.54, 1.807) is 55.6 Å². The Morgan fingerprint density at radius 2 is 1.96 bits per heavy atom. The summed E-state index contributed by atoms with van der Waals surface area (Å²) in [7, 11) is -1.97. The van der Waals surface area contributed by atoms with E-state index in [1.807, 2.05) is 0 Å². The molecule has 0 fully saturated rings. The van der Waals surface area contributed by atoms with Crippen LogP contribution in [0.15, 0.2) is 48.5 Å². The number of nitrogens with one attached hydrogen (secondary N) is 1. The lowest BCUT2D eigenvalue weighted by atomic mass is 10.2. The maximum absolute atomic E-state index is 12.5. The minimum absolute atomic E-state index is 0.0849. The fourth-order valence-electron chi connectivity index (χ4n) is 2.80. The van der Waals surface area contributed by atoms with Crippen molar-refractivity contribution >= 4 is 21.6 Å². The van der Waals surface area contributed by atoms with Crippen molar-refractivity contribution in [3.63, 3.8) is 0 Å². The highest BCUT2D eigenvalue weighted by Crippen LogP contribution is 2.34. The highest BCUT2D eigenvalue weighted by atomic mass is 32.2. The maximum atomic E-state index is 12.5. The summed E-state index contributed by atoms with van der Waals surface area (Å²) in [5, 5.41) is 2.71. The molecule has 0 spiro atoms. The van der Waals surface area contributed by atoms with E-state index >= 15 is 0 Å². The lowest BCUT2D eigenvalue weighted by molar-refractivity contribution is -0.127. The maximum Gasteiger partial charge on any atom is 0.263 e. The van der Waals surface area contributed by atoms with Crippen molar-refractivity contribution in [1.82, 2.24) is 5.32 Å². The van der Waals surface area contributed by atoms with Crippen LogP contribution in [0.3, 0.4) is 0 Å². The van der Waals surface area contributed by atoms with Gasteiger partial charge in [0.25, 0.3) is 5.91 Å². The number of carbonyl (C=O) groups excluding carboxylic acids is 1. The number of benzene rings is 2. The van der Waals surface area contributed by atoms with Crippen LogP contribution in [-0.4, -0.2) is 53.5 Å². The number of rotatable bonds is 7. The molecule has 0 saturated carbocycles. The average Bonchev–Trinajstić information content (AvgIpc) is 2.69. The molecule has 1 amide bonds. The number of carbonyl (C=O) groups is 1. The van der Waals surface area contributed by atoms with Gasteiger partial charge < -0.3 is 19.5 Å². The van der Waals surface area contributed by atoms with Gasteiger partial charge in [-0.25, -0.2) is 8.42 Å². The van der Waals surface area contributed by atoms with Crippen molar-refractivity contribution in [2.45, 2.75) is 6.10 Å². The van der Waals surface area contributed by atoms with Gasteiger partial charge in [0, 0.05) is 6.07 Å². The molecule has 0 radical (unpaired) electrons. The summed E-state index contributed by atoms with van der Waals surface area (Å²) in [5.74, 6) is 1.25. The quantitative estimate of drug-likeness (QED) is 0.699. The number of methoxy groups -OCH3 is 1. The smallest absolute Gasteiger partial charge is 0.263 e. The van der Waals surface area contributed by atoms with Gasteiger partial charge in [-0.1, -0.05) is 18.2 Å². The summed E-state index contributed by atoms with van der Waals surface area (Å²) in [6, 6.07) is 13.9. The van der Waals surface area contributed by atoms with E-state index in [-0.39, 0.29) is 19.7 Å². The average molecular weight is 406 g/mol. The lowest BCUT2D eigenvalue weighted by Gasteiger charge is -2.33. The van der Waals surface area contributed by atoms with Crippen molar-refractivity contribution in [3.05, 3.63) is 48.5 Å². The number of amides is 1. The number of sulfonamides is 1. The fraction of sp³-hybridized carbons (Fsp3) is 0.316. The zero-order valence-electron chi connectivity index (χ0n) is 15.6. The second-order valence-corrected chi connectivity index (χ2v) is 8.09. The molecule has 0 bridgehead atoms. The molecule has 3 rings (SSSR count). The molecule has 28 heavy (non-hydrogen) atoms. The van der Waals surface area contributed by atoms with Crippen LogP contribution in [0.2, 0.25) is 0 Å². The van der Waals surface area contributed by atoms with Gasteiger partial charge in [-0.2, -0.15) is 0 Å². The highest BCUT2D eigenvalue weighted by molar-refractivity contribution is 7.92. The molecular weight excluding hydrogens is 384 g/mol. The number of para-hydroxylation sites is 2. The van der Waals surface area contributed by atoms with Crippen LogP contribution in [0, 0.1) is 0 Å². The van der Waals surface area contributed by atoms with Gasteiger partial charge in [-0.05, 0) is 24.3 Å². The first-order valence-electron chi connectivity index (χ1n) is 8.66.